The SMILES string of the molecule is CCc1nc(-c2cccs2)sc1-c1csc(N)n1. The lowest BCUT2D eigenvalue weighted by Gasteiger charge is -1.93. The first-order valence-corrected chi connectivity index (χ1v) is 8.10. The standard InChI is InChI=1S/C12H11N3S3/c1-2-7-10(8-6-17-12(13)15-8)18-11(14-7)9-4-3-5-16-9/h3-6H,2H2,1H3,(H2,13,15). The van der Waals surface area contributed by atoms with Gasteiger partial charge in [0.15, 0.2) is 5.13 Å². The van der Waals surface area contributed by atoms with Crippen LogP contribution in [0.25, 0.3) is 20.5 Å². The fourth-order valence-electron chi connectivity index (χ4n) is 1.69. The van der Waals surface area contributed by atoms with Crippen LogP contribution < -0.4 is 5.73 Å². The van der Waals surface area contributed by atoms with E-state index in [-0.39, 0.29) is 0 Å². The van der Waals surface area contributed by atoms with Gasteiger partial charge in [-0.3, -0.25) is 0 Å². The second kappa shape index (κ2) is 4.79. The number of nitrogen functional groups attached to an aromatic ring is 1. The minimum atomic E-state index is 0.609. The smallest absolute Gasteiger partial charge is 0.180 e. The maximum atomic E-state index is 5.70. The lowest BCUT2D eigenvalue weighted by Crippen LogP contribution is -1.86. The Morgan fingerprint density at radius 1 is 1.28 bits per heavy atom. The summed E-state index contributed by atoms with van der Waals surface area (Å²) in [5.74, 6) is 0. The summed E-state index contributed by atoms with van der Waals surface area (Å²) >= 11 is 4.88. The van der Waals surface area contributed by atoms with Gasteiger partial charge in [-0.05, 0) is 17.9 Å². The quantitative estimate of drug-likeness (QED) is 0.789. The summed E-state index contributed by atoms with van der Waals surface area (Å²) in [6, 6.07) is 4.15. The third-order valence-corrected chi connectivity index (χ3v) is 5.35. The number of hydrogen-bond acceptors (Lipinski definition) is 6. The highest BCUT2D eigenvalue weighted by atomic mass is 32.1. The van der Waals surface area contributed by atoms with Crippen LogP contribution in [0.3, 0.4) is 0 Å². The van der Waals surface area contributed by atoms with Crippen LogP contribution in [-0.2, 0) is 6.42 Å². The van der Waals surface area contributed by atoms with Gasteiger partial charge in [-0.2, -0.15) is 0 Å². The first kappa shape index (κ1) is 11.8. The molecule has 92 valence electrons. The second-order valence-corrected chi connectivity index (χ2v) is 6.53. The van der Waals surface area contributed by atoms with Crippen molar-refractivity contribution in [1.29, 1.82) is 0 Å². The van der Waals surface area contributed by atoms with E-state index in [2.05, 4.69) is 23.4 Å². The molecule has 0 spiro atoms. The number of aryl methyl sites for hydroxylation is 1. The molecule has 3 aromatic rings. The van der Waals surface area contributed by atoms with E-state index in [0.29, 0.717) is 5.13 Å². The van der Waals surface area contributed by atoms with Gasteiger partial charge in [0, 0.05) is 5.38 Å². The molecule has 0 unspecified atom stereocenters. The van der Waals surface area contributed by atoms with E-state index in [1.54, 1.807) is 22.7 Å². The van der Waals surface area contributed by atoms with Crippen LogP contribution in [0.1, 0.15) is 12.6 Å². The zero-order valence-corrected chi connectivity index (χ0v) is 12.2. The summed E-state index contributed by atoms with van der Waals surface area (Å²) in [7, 11) is 0. The molecule has 3 aromatic heterocycles. The Morgan fingerprint density at radius 2 is 2.17 bits per heavy atom. The number of aromatic nitrogens is 2. The largest absolute Gasteiger partial charge is 0.375 e. The van der Waals surface area contributed by atoms with Crippen LogP contribution in [0.4, 0.5) is 5.13 Å². The van der Waals surface area contributed by atoms with Crippen LogP contribution in [0.5, 0.6) is 0 Å². The molecule has 0 aliphatic heterocycles. The highest BCUT2D eigenvalue weighted by Crippen LogP contribution is 2.37. The van der Waals surface area contributed by atoms with Crippen molar-refractivity contribution in [3.8, 4) is 20.5 Å². The van der Waals surface area contributed by atoms with Crippen LogP contribution >= 0.6 is 34.0 Å². The van der Waals surface area contributed by atoms with Gasteiger partial charge in [0.25, 0.3) is 0 Å². The van der Waals surface area contributed by atoms with Gasteiger partial charge in [0.1, 0.15) is 5.01 Å². The zero-order valence-electron chi connectivity index (χ0n) is 9.71. The van der Waals surface area contributed by atoms with Crippen LogP contribution in [0.15, 0.2) is 22.9 Å². The molecule has 0 atom stereocenters. The van der Waals surface area contributed by atoms with Gasteiger partial charge in [-0.1, -0.05) is 13.0 Å². The maximum absolute atomic E-state index is 5.70. The van der Waals surface area contributed by atoms with Crippen molar-refractivity contribution in [3.63, 3.8) is 0 Å². The van der Waals surface area contributed by atoms with E-state index in [1.165, 1.54) is 16.2 Å². The molecular weight excluding hydrogens is 282 g/mol. The average Bonchev–Trinajstić information content (AvgIpc) is 3.07. The highest BCUT2D eigenvalue weighted by Gasteiger charge is 2.15. The van der Waals surface area contributed by atoms with E-state index >= 15 is 0 Å². The number of thiophene rings is 1. The molecular formula is C12H11N3S3. The summed E-state index contributed by atoms with van der Waals surface area (Å²) in [6.07, 6.45) is 0.911. The topological polar surface area (TPSA) is 51.8 Å². The first-order chi connectivity index (χ1) is 8.78. The molecule has 3 rings (SSSR count). The van der Waals surface area contributed by atoms with Crippen molar-refractivity contribution < 1.29 is 0 Å². The molecule has 3 nitrogen and oxygen atoms in total. The third kappa shape index (κ3) is 2.07. The summed E-state index contributed by atoms with van der Waals surface area (Å²) in [6.45, 7) is 2.12. The van der Waals surface area contributed by atoms with E-state index in [9.17, 15) is 0 Å². The number of thiazole rings is 2. The van der Waals surface area contributed by atoms with Crippen molar-refractivity contribution in [2.75, 3.05) is 5.73 Å². The number of nitrogens with zero attached hydrogens (tertiary/aromatic N) is 2. The Kier molecular flexibility index (Phi) is 3.15. The molecule has 0 fully saturated rings. The number of rotatable bonds is 3. The molecule has 0 radical (unpaired) electrons. The third-order valence-electron chi connectivity index (χ3n) is 2.52. The Morgan fingerprint density at radius 3 is 2.78 bits per heavy atom. The molecule has 6 heteroatoms. The number of nitrogens with two attached hydrogens (primary N) is 1. The Balaban J connectivity index is 2.09. The molecule has 0 aromatic carbocycles. The lowest BCUT2D eigenvalue weighted by molar-refractivity contribution is 1.07. The van der Waals surface area contributed by atoms with E-state index < -0.39 is 0 Å². The first-order valence-electron chi connectivity index (χ1n) is 5.53. The van der Waals surface area contributed by atoms with Crippen molar-refractivity contribution >= 4 is 39.1 Å². The monoisotopic (exact) mass is 293 g/mol. The normalized spacial score (nSPS) is 10.9. The molecule has 0 saturated carbocycles. The van der Waals surface area contributed by atoms with Gasteiger partial charge in [-0.15, -0.1) is 34.0 Å². The maximum Gasteiger partial charge on any atom is 0.180 e. The van der Waals surface area contributed by atoms with Gasteiger partial charge >= 0.3 is 0 Å². The van der Waals surface area contributed by atoms with E-state index in [1.807, 2.05) is 11.4 Å². The molecule has 0 aliphatic carbocycles. The zero-order chi connectivity index (χ0) is 12.5. The lowest BCUT2D eigenvalue weighted by atomic mass is 10.2. The molecule has 18 heavy (non-hydrogen) atoms. The fourth-order valence-corrected chi connectivity index (χ4v) is 4.23. The Labute approximate surface area is 117 Å². The van der Waals surface area contributed by atoms with E-state index in [4.69, 9.17) is 10.7 Å². The molecule has 0 bridgehead atoms. The van der Waals surface area contributed by atoms with Gasteiger partial charge in [0.2, 0.25) is 0 Å². The Hall–Kier alpha value is -1.24. The van der Waals surface area contributed by atoms with Crippen LogP contribution in [0, 0.1) is 0 Å². The molecule has 2 N–H and O–H groups in total. The van der Waals surface area contributed by atoms with Crippen molar-refractivity contribution in [2.24, 2.45) is 0 Å². The summed E-state index contributed by atoms with van der Waals surface area (Å²) in [5.41, 5.74) is 7.76. The van der Waals surface area contributed by atoms with Crippen LogP contribution in [0.2, 0.25) is 0 Å². The Bertz CT molecular complexity index is 652. The predicted molar refractivity (Wildman–Crippen MR) is 80.3 cm³/mol. The number of anilines is 1. The average molecular weight is 293 g/mol. The van der Waals surface area contributed by atoms with Crippen molar-refractivity contribution in [2.45, 2.75) is 13.3 Å². The molecule has 0 saturated heterocycles. The fraction of sp³-hybridized carbons (Fsp3) is 0.167. The minimum Gasteiger partial charge on any atom is -0.375 e. The van der Waals surface area contributed by atoms with Gasteiger partial charge in [-0.25, -0.2) is 9.97 Å². The highest BCUT2D eigenvalue weighted by molar-refractivity contribution is 7.23. The summed E-state index contributed by atoms with van der Waals surface area (Å²) in [4.78, 5) is 11.4. The minimum absolute atomic E-state index is 0.609. The van der Waals surface area contributed by atoms with Crippen LogP contribution in [-0.4, -0.2) is 9.97 Å². The summed E-state index contributed by atoms with van der Waals surface area (Å²) in [5, 5.41) is 5.75. The molecule has 3 heterocycles. The predicted octanol–water partition coefficient (Wildman–Crippen LogP) is 4.14. The second-order valence-electron chi connectivity index (χ2n) is 3.70. The molecule has 0 amide bonds. The summed E-state index contributed by atoms with van der Waals surface area (Å²) < 4.78 is 0. The van der Waals surface area contributed by atoms with Crippen molar-refractivity contribution in [3.05, 3.63) is 28.6 Å². The van der Waals surface area contributed by atoms with Gasteiger partial charge < -0.3 is 5.73 Å². The van der Waals surface area contributed by atoms with Gasteiger partial charge in [0.05, 0.1) is 21.1 Å². The van der Waals surface area contributed by atoms with E-state index in [0.717, 1.165) is 27.7 Å². The number of hydrogen-bond donors (Lipinski definition) is 1. The van der Waals surface area contributed by atoms with Crippen molar-refractivity contribution in [1.82, 2.24) is 9.97 Å². The molecule has 0 aliphatic rings.